The van der Waals surface area contributed by atoms with Crippen molar-refractivity contribution in [2.45, 2.75) is 13.5 Å². The molecule has 0 unspecified atom stereocenters. The summed E-state index contributed by atoms with van der Waals surface area (Å²) in [6, 6.07) is 22.1. The SMILES string of the molecule is C#CCOc1ccc(/C=N/NC(=O)c2ccc(OCc3ccccc3)c(OCC)c2)cc1. The number of carbonyl (C=O) groups is 1. The van der Waals surface area contributed by atoms with Gasteiger partial charge in [-0.1, -0.05) is 36.3 Å². The molecule has 1 amide bonds. The van der Waals surface area contributed by atoms with Crippen molar-refractivity contribution in [1.82, 2.24) is 5.43 Å². The van der Waals surface area contributed by atoms with Gasteiger partial charge in [0.15, 0.2) is 11.5 Å². The van der Waals surface area contributed by atoms with Crippen molar-refractivity contribution in [3.8, 4) is 29.6 Å². The van der Waals surface area contributed by atoms with Gasteiger partial charge in [-0.15, -0.1) is 6.42 Å². The molecule has 0 aliphatic rings. The molecule has 0 saturated carbocycles. The van der Waals surface area contributed by atoms with Crippen LogP contribution < -0.4 is 19.6 Å². The lowest BCUT2D eigenvalue weighted by molar-refractivity contribution is 0.0954. The molecule has 6 heteroatoms. The molecule has 0 saturated heterocycles. The fourth-order valence-corrected chi connectivity index (χ4v) is 2.78. The summed E-state index contributed by atoms with van der Waals surface area (Å²) in [5.41, 5.74) is 4.78. The van der Waals surface area contributed by atoms with Crippen LogP contribution in [0.25, 0.3) is 0 Å². The molecule has 0 bridgehead atoms. The zero-order valence-electron chi connectivity index (χ0n) is 17.8. The van der Waals surface area contributed by atoms with E-state index >= 15 is 0 Å². The Bertz CT molecular complexity index is 1090. The Balaban J connectivity index is 1.61. The molecule has 0 spiro atoms. The van der Waals surface area contributed by atoms with Gasteiger partial charge in [-0.05, 0) is 60.5 Å². The third-order valence-electron chi connectivity index (χ3n) is 4.32. The van der Waals surface area contributed by atoms with Crippen molar-refractivity contribution in [3.05, 3.63) is 89.5 Å². The van der Waals surface area contributed by atoms with E-state index < -0.39 is 0 Å². The molecule has 0 fully saturated rings. The number of nitrogens with zero attached hydrogens (tertiary/aromatic N) is 1. The molecule has 0 heterocycles. The number of amides is 1. The zero-order valence-corrected chi connectivity index (χ0v) is 17.8. The summed E-state index contributed by atoms with van der Waals surface area (Å²) >= 11 is 0. The van der Waals surface area contributed by atoms with Gasteiger partial charge in [0.2, 0.25) is 0 Å². The van der Waals surface area contributed by atoms with Crippen LogP contribution in [0.1, 0.15) is 28.4 Å². The highest BCUT2D eigenvalue weighted by Gasteiger charge is 2.11. The van der Waals surface area contributed by atoms with Gasteiger partial charge in [-0.2, -0.15) is 5.10 Å². The van der Waals surface area contributed by atoms with Gasteiger partial charge < -0.3 is 14.2 Å². The van der Waals surface area contributed by atoms with Crippen LogP contribution in [0.2, 0.25) is 0 Å². The largest absolute Gasteiger partial charge is 0.490 e. The van der Waals surface area contributed by atoms with E-state index in [9.17, 15) is 4.79 Å². The monoisotopic (exact) mass is 428 g/mol. The predicted octanol–water partition coefficient (Wildman–Crippen LogP) is 4.44. The average molecular weight is 428 g/mol. The summed E-state index contributed by atoms with van der Waals surface area (Å²) in [6.07, 6.45) is 6.72. The van der Waals surface area contributed by atoms with Gasteiger partial charge in [0.05, 0.1) is 12.8 Å². The van der Waals surface area contributed by atoms with E-state index in [0.29, 0.717) is 36.0 Å². The fraction of sp³-hybridized carbons (Fsp3) is 0.154. The molecule has 1 N–H and O–H groups in total. The molecule has 3 rings (SSSR count). The van der Waals surface area contributed by atoms with Crippen LogP contribution in [0.4, 0.5) is 0 Å². The summed E-state index contributed by atoms with van der Waals surface area (Å²) in [6.45, 7) is 2.94. The van der Waals surface area contributed by atoms with Crippen molar-refractivity contribution in [3.63, 3.8) is 0 Å². The molecule has 162 valence electrons. The fourth-order valence-electron chi connectivity index (χ4n) is 2.78. The highest BCUT2D eigenvalue weighted by atomic mass is 16.5. The third-order valence-corrected chi connectivity index (χ3v) is 4.32. The maximum Gasteiger partial charge on any atom is 0.271 e. The third kappa shape index (κ3) is 6.64. The maximum atomic E-state index is 12.5. The lowest BCUT2D eigenvalue weighted by atomic mass is 10.2. The Hall–Kier alpha value is -4.24. The number of hydrazone groups is 1. The van der Waals surface area contributed by atoms with Crippen LogP contribution in [0.5, 0.6) is 17.2 Å². The van der Waals surface area contributed by atoms with Crippen LogP contribution in [-0.2, 0) is 6.61 Å². The molecule has 3 aromatic carbocycles. The van der Waals surface area contributed by atoms with E-state index in [4.69, 9.17) is 20.6 Å². The Morgan fingerprint density at radius 3 is 2.50 bits per heavy atom. The minimum absolute atomic E-state index is 0.212. The number of ether oxygens (including phenoxy) is 3. The van der Waals surface area contributed by atoms with Crippen LogP contribution >= 0.6 is 0 Å². The molecule has 0 aliphatic heterocycles. The van der Waals surface area contributed by atoms with E-state index in [1.54, 1.807) is 36.5 Å². The minimum Gasteiger partial charge on any atom is -0.490 e. The molecule has 0 atom stereocenters. The van der Waals surface area contributed by atoms with Crippen molar-refractivity contribution < 1.29 is 19.0 Å². The summed E-state index contributed by atoms with van der Waals surface area (Å²) in [5, 5.41) is 4.01. The van der Waals surface area contributed by atoms with Gasteiger partial charge in [0.1, 0.15) is 19.0 Å². The number of hydrogen-bond donors (Lipinski definition) is 1. The van der Waals surface area contributed by atoms with Crippen molar-refractivity contribution in [1.29, 1.82) is 0 Å². The summed E-state index contributed by atoms with van der Waals surface area (Å²) in [4.78, 5) is 12.5. The second-order valence-corrected chi connectivity index (χ2v) is 6.63. The molecule has 0 aromatic heterocycles. The van der Waals surface area contributed by atoms with Gasteiger partial charge in [0, 0.05) is 5.56 Å². The predicted molar refractivity (Wildman–Crippen MR) is 124 cm³/mol. The quantitative estimate of drug-likeness (QED) is 0.294. The van der Waals surface area contributed by atoms with Crippen LogP contribution in [0.15, 0.2) is 77.9 Å². The molecular formula is C26H24N2O4. The van der Waals surface area contributed by atoms with Gasteiger partial charge >= 0.3 is 0 Å². The number of benzene rings is 3. The second-order valence-electron chi connectivity index (χ2n) is 6.63. The van der Waals surface area contributed by atoms with E-state index in [0.717, 1.165) is 11.1 Å². The summed E-state index contributed by atoms with van der Waals surface area (Å²) in [7, 11) is 0. The lowest BCUT2D eigenvalue weighted by Crippen LogP contribution is -2.17. The first-order valence-corrected chi connectivity index (χ1v) is 10.1. The Morgan fingerprint density at radius 1 is 1.00 bits per heavy atom. The summed E-state index contributed by atoms with van der Waals surface area (Å²) in [5.74, 6) is 3.80. The number of hydrogen-bond acceptors (Lipinski definition) is 5. The molecule has 0 radical (unpaired) electrons. The van der Waals surface area contributed by atoms with E-state index in [-0.39, 0.29) is 12.5 Å². The first kappa shape index (κ1) is 22.4. The van der Waals surface area contributed by atoms with Crippen molar-refractivity contribution >= 4 is 12.1 Å². The lowest BCUT2D eigenvalue weighted by Gasteiger charge is -2.13. The Labute approximate surface area is 187 Å². The van der Waals surface area contributed by atoms with Crippen molar-refractivity contribution in [2.24, 2.45) is 5.10 Å². The van der Waals surface area contributed by atoms with E-state index in [1.165, 1.54) is 0 Å². The van der Waals surface area contributed by atoms with Gasteiger partial charge in [0.25, 0.3) is 5.91 Å². The average Bonchev–Trinajstić information content (AvgIpc) is 2.83. The van der Waals surface area contributed by atoms with Crippen LogP contribution in [0.3, 0.4) is 0 Å². The highest BCUT2D eigenvalue weighted by molar-refractivity contribution is 5.95. The molecule has 6 nitrogen and oxygen atoms in total. The van der Waals surface area contributed by atoms with Crippen molar-refractivity contribution in [2.75, 3.05) is 13.2 Å². The molecule has 32 heavy (non-hydrogen) atoms. The maximum absolute atomic E-state index is 12.5. The number of carbonyl (C=O) groups excluding carboxylic acids is 1. The number of rotatable bonds is 10. The van der Waals surface area contributed by atoms with Gasteiger partial charge in [-0.25, -0.2) is 5.43 Å². The smallest absolute Gasteiger partial charge is 0.271 e. The first-order valence-electron chi connectivity index (χ1n) is 10.1. The van der Waals surface area contributed by atoms with Crippen LogP contribution in [0, 0.1) is 12.3 Å². The minimum atomic E-state index is -0.356. The van der Waals surface area contributed by atoms with Gasteiger partial charge in [-0.3, -0.25) is 4.79 Å². The number of nitrogens with one attached hydrogen (secondary N) is 1. The molecule has 0 aliphatic carbocycles. The summed E-state index contributed by atoms with van der Waals surface area (Å²) < 4.78 is 16.9. The van der Waals surface area contributed by atoms with Crippen LogP contribution in [-0.4, -0.2) is 25.3 Å². The second kappa shape index (κ2) is 11.8. The highest BCUT2D eigenvalue weighted by Crippen LogP contribution is 2.29. The standard InChI is InChI=1S/C26H24N2O4/c1-3-16-31-23-13-10-20(11-14-23)18-27-28-26(29)22-12-15-24(25(17-22)30-4-2)32-19-21-8-6-5-7-9-21/h1,5-15,17-18H,4,16,19H2,2H3,(H,28,29)/b27-18+. The Morgan fingerprint density at radius 2 is 1.78 bits per heavy atom. The normalized spacial score (nSPS) is 10.4. The first-order chi connectivity index (χ1) is 15.7. The van der Waals surface area contributed by atoms with E-state index in [1.807, 2.05) is 49.4 Å². The molecular weight excluding hydrogens is 404 g/mol. The van der Waals surface area contributed by atoms with E-state index in [2.05, 4.69) is 16.4 Å². The zero-order chi connectivity index (χ0) is 22.6. The molecule has 3 aromatic rings. The Kier molecular flexibility index (Phi) is 8.29. The topological polar surface area (TPSA) is 69.2 Å². The number of terminal acetylenes is 1.